The maximum atomic E-state index is 12.3. The van der Waals surface area contributed by atoms with Gasteiger partial charge in [0.1, 0.15) is 0 Å². The highest BCUT2D eigenvalue weighted by Crippen LogP contribution is 2.34. The highest BCUT2D eigenvalue weighted by atomic mass is 19.3. The number of hydrogen-bond acceptors (Lipinski definition) is 2. The summed E-state index contributed by atoms with van der Waals surface area (Å²) in [6, 6.07) is -0.181. The number of halogens is 2. The predicted molar refractivity (Wildman–Crippen MR) is 29.9 cm³/mol. The molecule has 1 saturated carbocycles. The fourth-order valence-electron chi connectivity index (χ4n) is 1.09. The summed E-state index contributed by atoms with van der Waals surface area (Å²) in [5, 5.41) is 0. The Balaban J connectivity index is 2.38. The van der Waals surface area contributed by atoms with Crippen molar-refractivity contribution >= 4 is 0 Å². The molecule has 0 amide bonds. The van der Waals surface area contributed by atoms with Crippen molar-refractivity contribution in [2.75, 3.05) is 0 Å². The lowest BCUT2D eigenvalue weighted by molar-refractivity contribution is 0.00693. The van der Waals surface area contributed by atoms with Crippen LogP contribution in [-0.4, -0.2) is 12.0 Å². The second-order valence-electron chi connectivity index (χ2n) is 2.46. The van der Waals surface area contributed by atoms with E-state index in [1.165, 1.54) is 0 Å². The normalized spacial score (nSPS) is 33.0. The number of rotatable bonds is 1. The largest absolute Gasteiger partial charge is 0.271 e. The van der Waals surface area contributed by atoms with E-state index in [9.17, 15) is 8.78 Å². The fraction of sp³-hybridized carbons (Fsp3) is 1.00. The monoisotopic (exact) mass is 136 g/mol. The standard InChI is InChI=1S/C5H10F2N2/c6-5(7)2-1-4(3-5)9-8/h4,9H,1-3,8H2. The van der Waals surface area contributed by atoms with Crippen molar-refractivity contribution in [1.29, 1.82) is 0 Å². The Kier molecular flexibility index (Phi) is 1.68. The summed E-state index contributed by atoms with van der Waals surface area (Å²) in [6.07, 6.45) is 0.356. The van der Waals surface area contributed by atoms with Gasteiger partial charge in [0.15, 0.2) is 0 Å². The minimum absolute atomic E-state index is 0.0259. The molecule has 0 bridgehead atoms. The van der Waals surface area contributed by atoms with E-state index in [-0.39, 0.29) is 18.9 Å². The lowest BCUT2D eigenvalue weighted by Gasteiger charge is -2.07. The average Bonchev–Trinajstić information content (AvgIpc) is 2.10. The number of hydrazine groups is 1. The molecule has 1 rings (SSSR count). The fourth-order valence-corrected chi connectivity index (χ4v) is 1.09. The van der Waals surface area contributed by atoms with E-state index in [0.29, 0.717) is 6.42 Å². The Hall–Kier alpha value is -0.220. The molecule has 2 nitrogen and oxygen atoms in total. The van der Waals surface area contributed by atoms with Crippen LogP contribution in [0.5, 0.6) is 0 Å². The SMILES string of the molecule is NNC1CCC(F)(F)C1. The van der Waals surface area contributed by atoms with Gasteiger partial charge < -0.3 is 0 Å². The molecule has 1 fully saturated rings. The van der Waals surface area contributed by atoms with Crippen LogP contribution < -0.4 is 11.3 Å². The van der Waals surface area contributed by atoms with Crippen LogP contribution in [0.4, 0.5) is 8.78 Å². The summed E-state index contributed by atoms with van der Waals surface area (Å²) in [4.78, 5) is 0. The summed E-state index contributed by atoms with van der Waals surface area (Å²) >= 11 is 0. The van der Waals surface area contributed by atoms with Crippen LogP contribution in [0.25, 0.3) is 0 Å². The van der Waals surface area contributed by atoms with Crippen LogP contribution >= 0.6 is 0 Å². The van der Waals surface area contributed by atoms with Crippen molar-refractivity contribution in [2.45, 2.75) is 31.2 Å². The number of hydrogen-bond donors (Lipinski definition) is 2. The molecule has 1 unspecified atom stereocenters. The smallest absolute Gasteiger partial charge is 0.249 e. The van der Waals surface area contributed by atoms with Crippen molar-refractivity contribution < 1.29 is 8.78 Å². The molecule has 0 heterocycles. The van der Waals surface area contributed by atoms with Gasteiger partial charge in [-0.3, -0.25) is 11.3 Å². The van der Waals surface area contributed by atoms with Gasteiger partial charge in [0.2, 0.25) is 5.92 Å². The summed E-state index contributed by atoms with van der Waals surface area (Å²) in [7, 11) is 0. The molecule has 1 atom stereocenters. The number of alkyl halides is 2. The Morgan fingerprint density at radius 1 is 1.56 bits per heavy atom. The first-order chi connectivity index (χ1) is 4.14. The van der Waals surface area contributed by atoms with Gasteiger partial charge in [-0.1, -0.05) is 0 Å². The molecule has 1 aliphatic rings. The van der Waals surface area contributed by atoms with Gasteiger partial charge in [0.25, 0.3) is 0 Å². The van der Waals surface area contributed by atoms with Gasteiger partial charge >= 0.3 is 0 Å². The Morgan fingerprint density at radius 3 is 2.44 bits per heavy atom. The van der Waals surface area contributed by atoms with Crippen LogP contribution in [-0.2, 0) is 0 Å². The molecule has 1 aliphatic carbocycles. The van der Waals surface area contributed by atoms with Crippen molar-refractivity contribution in [3.8, 4) is 0 Å². The lowest BCUT2D eigenvalue weighted by atomic mass is 10.3. The second kappa shape index (κ2) is 2.19. The van der Waals surface area contributed by atoms with Gasteiger partial charge in [-0.05, 0) is 6.42 Å². The van der Waals surface area contributed by atoms with Crippen LogP contribution in [0.1, 0.15) is 19.3 Å². The van der Waals surface area contributed by atoms with Crippen molar-refractivity contribution in [2.24, 2.45) is 5.84 Å². The highest BCUT2D eigenvalue weighted by Gasteiger charge is 2.38. The summed E-state index contributed by atoms with van der Waals surface area (Å²) in [6.45, 7) is 0. The second-order valence-corrected chi connectivity index (χ2v) is 2.46. The van der Waals surface area contributed by atoms with Crippen molar-refractivity contribution in [3.05, 3.63) is 0 Å². The summed E-state index contributed by atoms with van der Waals surface area (Å²) in [5.74, 6) is 2.50. The number of nitrogens with two attached hydrogens (primary N) is 1. The first-order valence-electron chi connectivity index (χ1n) is 2.98. The van der Waals surface area contributed by atoms with E-state index >= 15 is 0 Å². The van der Waals surface area contributed by atoms with E-state index in [4.69, 9.17) is 5.84 Å². The summed E-state index contributed by atoms with van der Waals surface area (Å²) < 4.78 is 24.6. The molecule has 0 spiro atoms. The minimum Gasteiger partial charge on any atom is -0.271 e. The zero-order valence-corrected chi connectivity index (χ0v) is 5.03. The van der Waals surface area contributed by atoms with Gasteiger partial charge in [0.05, 0.1) is 0 Å². The average molecular weight is 136 g/mol. The molecule has 0 aromatic rings. The third-order valence-corrected chi connectivity index (χ3v) is 1.64. The number of nitrogens with one attached hydrogen (secondary N) is 1. The van der Waals surface area contributed by atoms with Gasteiger partial charge in [-0.2, -0.15) is 0 Å². The molecule has 0 aromatic heterocycles. The molecule has 0 saturated heterocycles. The van der Waals surface area contributed by atoms with Crippen LogP contribution in [0.15, 0.2) is 0 Å². The Bertz CT molecular complexity index is 105. The molecular weight excluding hydrogens is 126 g/mol. The maximum absolute atomic E-state index is 12.3. The third kappa shape index (κ3) is 1.59. The zero-order chi connectivity index (χ0) is 6.91. The molecule has 4 heteroatoms. The topological polar surface area (TPSA) is 38.0 Å². The quantitative estimate of drug-likeness (QED) is 0.410. The van der Waals surface area contributed by atoms with Gasteiger partial charge in [0, 0.05) is 18.9 Å². The maximum Gasteiger partial charge on any atom is 0.249 e. The Morgan fingerprint density at radius 2 is 2.22 bits per heavy atom. The molecule has 3 N–H and O–H groups in total. The minimum atomic E-state index is -2.48. The van der Waals surface area contributed by atoms with E-state index in [1.54, 1.807) is 0 Å². The predicted octanol–water partition coefficient (Wildman–Crippen LogP) is 0.637. The van der Waals surface area contributed by atoms with Gasteiger partial charge in [-0.15, -0.1) is 0 Å². The van der Waals surface area contributed by atoms with Crippen LogP contribution in [0.2, 0.25) is 0 Å². The Labute approximate surface area is 52.4 Å². The van der Waals surface area contributed by atoms with E-state index < -0.39 is 5.92 Å². The molecular formula is C5H10F2N2. The lowest BCUT2D eigenvalue weighted by Crippen LogP contribution is -2.33. The first-order valence-corrected chi connectivity index (χ1v) is 2.98. The zero-order valence-electron chi connectivity index (χ0n) is 5.03. The molecule has 0 aliphatic heterocycles. The molecule has 0 aromatic carbocycles. The summed E-state index contributed by atoms with van der Waals surface area (Å²) in [5.41, 5.74) is 2.34. The van der Waals surface area contributed by atoms with E-state index in [1.807, 2.05) is 0 Å². The van der Waals surface area contributed by atoms with E-state index in [0.717, 1.165) is 0 Å². The molecule has 54 valence electrons. The van der Waals surface area contributed by atoms with Crippen molar-refractivity contribution in [1.82, 2.24) is 5.43 Å². The van der Waals surface area contributed by atoms with Gasteiger partial charge in [-0.25, -0.2) is 8.78 Å². The first kappa shape index (κ1) is 6.89. The molecule has 0 radical (unpaired) electrons. The van der Waals surface area contributed by atoms with Crippen molar-refractivity contribution in [3.63, 3.8) is 0 Å². The highest BCUT2D eigenvalue weighted by molar-refractivity contribution is 4.84. The third-order valence-electron chi connectivity index (χ3n) is 1.64. The molecule has 9 heavy (non-hydrogen) atoms. The van der Waals surface area contributed by atoms with Crippen LogP contribution in [0.3, 0.4) is 0 Å². The van der Waals surface area contributed by atoms with E-state index in [2.05, 4.69) is 5.43 Å². The van der Waals surface area contributed by atoms with Crippen LogP contribution in [0, 0.1) is 0 Å².